The molecule has 0 bridgehead atoms. The molecule has 0 aromatic heterocycles. The van der Waals surface area contributed by atoms with Crippen molar-refractivity contribution in [2.45, 2.75) is 65.3 Å². The van der Waals surface area contributed by atoms with Crippen LogP contribution in [0.1, 0.15) is 59.8 Å². The van der Waals surface area contributed by atoms with Gasteiger partial charge in [0.05, 0.1) is 12.0 Å². The fraction of sp³-hybridized carbons (Fsp3) is 0.875. The summed E-state index contributed by atoms with van der Waals surface area (Å²) in [7, 11) is 0. The zero-order chi connectivity index (χ0) is 16.1. The summed E-state index contributed by atoms with van der Waals surface area (Å²) in [5.41, 5.74) is -1.60. The van der Waals surface area contributed by atoms with Crippen LogP contribution in [0.4, 0.5) is 0 Å². The monoisotopic (exact) mass is 298 g/mol. The largest absolute Gasteiger partial charge is 0.481 e. The van der Waals surface area contributed by atoms with E-state index in [1.807, 2.05) is 18.7 Å². The minimum Gasteiger partial charge on any atom is -0.481 e. The molecule has 1 rings (SSSR count). The van der Waals surface area contributed by atoms with E-state index in [0.717, 1.165) is 25.9 Å². The van der Waals surface area contributed by atoms with Gasteiger partial charge in [0.25, 0.3) is 0 Å². The minimum absolute atomic E-state index is 0.0752. The van der Waals surface area contributed by atoms with Crippen molar-refractivity contribution in [3.63, 3.8) is 0 Å². The van der Waals surface area contributed by atoms with E-state index in [4.69, 9.17) is 0 Å². The zero-order valence-electron chi connectivity index (χ0n) is 13.9. The summed E-state index contributed by atoms with van der Waals surface area (Å²) in [5, 5.41) is 12.5. The van der Waals surface area contributed by atoms with E-state index in [0.29, 0.717) is 0 Å². The highest BCUT2D eigenvalue weighted by Crippen LogP contribution is 2.30. The third kappa shape index (κ3) is 4.70. The average molecular weight is 298 g/mol. The maximum Gasteiger partial charge on any atom is 0.310 e. The van der Waals surface area contributed by atoms with Crippen molar-refractivity contribution in [2.75, 3.05) is 19.6 Å². The van der Waals surface area contributed by atoms with Gasteiger partial charge >= 0.3 is 5.97 Å². The molecule has 0 saturated carbocycles. The van der Waals surface area contributed by atoms with Gasteiger partial charge in [-0.3, -0.25) is 9.59 Å². The van der Waals surface area contributed by atoms with Crippen LogP contribution in [0.3, 0.4) is 0 Å². The Hall–Kier alpha value is -1.10. The molecule has 0 spiro atoms. The third-order valence-corrected chi connectivity index (χ3v) is 4.99. The standard InChI is InChI=1S/C16H30N2O3/c1-15(2,14(20)21)16(3,4)17-12-13(19)18-10-8-6-5-7-9-11-18/h17H,5-12H2,1-4H3,(H,20,21). The number of amides is 1. The molecule has 5 heteroatoms. The second-order valence-electron chi connectivity index (χ2n) is 7.06. The van der Waals surface area contributed by atoms with E-state index in [9.17, 15) is 14.7 Å². The van der Waals surface area contributed by atoms with Gasteiger partial charge in [0.15, 0.2) is 0 Å². The molecule has 21 heavy (non-hydrogen) atoms. The first-order valence-corrected chi connectivity index (χ1v) is 7.95. The van der Waals surface area contributed by atoms with E-state index in [-0.39, 0.29) is 12.5 Å². The number of aliphatic carboxylic acids is 1. The van der Waals surface area contributed by atoms with Crippen LogP contribution in [0.25, 0.3) is 0 Å². The number of nitrogens with zero attached hydrogens (tertiary/aromatic N) is 1. The van der Waals surface area contributed by atoms with Crippen LogP contribution >= 0.6 is 0 Å². The highest BCUT2D eigenvalue weighted by atomic mass is 16.4. The first kappa shape index (κ1) is 18.0. The summed E-state index contributed by atoms with van der Waals surface area (Å²) >= 11 is 0. The predicted molar refractivity (Wildman–Crippen MR) is 83.2 cm³/mol. The molecule has 0 unspecified atom stereocenters. The van der Waals surface area contributed by atoms with Crippen LogP contribution in [-0.4, -0.2) is 47.1 Å². The fourth-order valence-electron chi connectivity index (χ4n) is 2.39. The van der Waals surface area contributed by atoms with Crippen LogP contribution in [0.15, 0.2) is 0 Å². The number of carbonyl (C=O) groups excluding carboxylic acids is 1. The molecule has 2 N–H and O–H groups in total. The third-order valence-electron chi connectivity index (χ3n) is 4.99. The quantitative estimate of drug-likeness (QED) is 0.817. The van der Waals surface area contributed by atoms with Crippen LogP contribution in [0.2, 0.25) is 0 Å². The van der Waals surface area contributed by atoms with E-state index in [1.165, 1.54) is 19.3 Å². The number of rotatable bonds is 5. The Labute approximate surface area is 128 Å². The maximum atomic E-state index is 12.3. The molecule has 1 heterocycles. The topological polar surface area (TPSA) is 69.6 Å². The van der Waals surface area contributed by atoms with Gasteiger partial charge in [-0.25, -0.2) is 0 Å². The molecular formula is C16H30N2O3. The van der Waals surface area contributed by atoms with Crippen molar-refractivity contribution in [1.29, 1.82) is 0 Å². The molecular weight excluding hydrogens is 268 g/mol. The van der Waals surface area contributed by atoms with Crippen molar-refractivity contribution >= 4 is 11.9 Å². The Morgan fingerprint density at radius 3 is 1.95 bits per heavy atom. The Balaban J connectivity index is 2.56. The van der Waals surface area contributed by atoms with E-state index >= 15 is 0 Å². The summed E-state index contributed by atoms with van der Waals surface area (Å²) in [6.45, 7) is 8.88. The van der Waals surface area contributed by atoms with Gasteiger partial charge in [-0.2, -0.15) is 0 Å². The SMILES string of the molecule is CC(C)(NCC(=O)N1CCCCCCC1)C(C)(C)C(=O)O. The van der Waals surface area contributed by atoms with Crippen molar-refractivity contribution in [3.05, 3.63) is 0 Å². The predicted octanol–water partition coefficient (Wildman–Crippen LogP) is 2.26. The van der Waals surface area contributed by atoms with E-state index in [2.05, 4.69) is 5.32 Å². The fourth-order valence-corrected chi connectivity index (χ4v) is 2.39. The highest BCUT2D eigenvalue weighted by Gasteiger charge is 2.43. The van der Waals surface area contributed by atoms with Gasteiger partial charge < -0.3 is 15.3 Å². The van der Waals surface area contributed by atoms with Gasteiger partial charge in [0, 0.05) is 18.6 Å². The molecule has 122 valence electrons. The number of carbonyl (C=O) groups is 2. The molecule has 1 aliphatic rings. The van der Waals surface area contributed by atoms with Gasteiger partial charge in [-0.15, -0.1) is 0 Å². The van der Waals surface area contributed by atoms with Crippen molar-refractivity contribution in [3.8, 4) is 0 Å². The average Bonchev–Trinajstić information content (AvgIpc) is 2.35. The van der Waals surface area contributed by atoms with Crippen LogP contribution in [0, 0.1) is 5.41 Å². The lowest BCUT2D eigenvalue weighted by Crippen LogP contribution is -2.57. The molecule has 0 radical (unpaired) electrons. The van der Waals surface area contributed by atoms with Crippen LogP contribution in [0.5, 0.6) is 0 Å². The van der Waals surface area contributed by atoms with Crippen LogP contribution in [-0.2, 0) is 9.59 Å². The van der Waals surface area contributed by atoms with Crippen LogP contribution < -0.4 is 5.32 Å². The normalized spacial score (nSPS) is 18.0. The zero-order valence-corrected chi connectivity index (χ0v) is 13.9. The molecule has 1 saturated heterocycles. The van der Waals surface area contributed by atoms with Crippen molar-refractivity contribution in [1.82, 2.24) is 10.2 Å². The second-order valence-corrected chi connectivity index (χ2v) is 7.06. The number of carboxylic acid groups (broad SMARTS) is 1. The lowest BCUT2D eigenvalue weighted by molar-refractivity contribution is -0.151. The summed E-state index contributed by atoms with van der Waals surface area (Å²) in [4.78, 5) is 25.6. The minimum atomic E-state index is -0.941. The smallest absolute Gasteiger partial charge is 0.310 e. The molecule has 0 aromatic carbocycles. The molecule has 1 amide bonds. The van der Waals surface area contributed by atoms with E-state index < -0.39 is 16.9 Å². The van der Waals surface area contributed by atoms with Crippen molar-refractivity contribution in [2.24, 2.45) is 5.41 Å². The summed E-state index contributed by atoms with van der Waals surface area (Å²) < 4.78 is 0. The highest BCUT2D eigenvalue weighted by molar-refractivity contribution is 5.79. The first-order valence-electron chi connectivity index (χ1n) is 7.95. The summed E-state index contributed by atoms with van der Waals surface area (Å²) in [5.74, 6) is -0.787. The van der Waals surface area contributed by atoms with Gasteiger partial charge in [0.2, 0.25) is 5.91 Å². The molecule has 0 aromatic rings. The molecule has 5 nitrogen and oxygen atoms in total. The number of likely N-dealkylation sites (tertiary alicyclic amines) is 1. The van der Waals surface area contributed by atoms with Gasteiger partial charge in [-0.1, -0.05) is 19.3 Å². The first-order chi connectivity index (χ1) is 9.68. The summed E-state index contributed by atoms with van der Waals surface area (Å²) in [6.07, 6.45) is 5.77. The lowest BCUT2D eigenvalue weighted by atomic mass is 9.74. The van der Waals surface area contributed by atoms with Gasteiger partial charge in [-0.05, 0) is 40.5 Å². The number of hydrogen-bond donors (Lipinski definition) is 2. The number of carboxylic acids is 1. The Bertz CT molecular complexity index is 370. The maximum absolute atomic E-state index is 12.3. The lowest BCUT2D eigenvalue weighted by Gasteiger charge is -2.39. The van der Waals surface area contributed by atoms with Gasteiger partial charge in [0.1, 0.15) is 0 Å². The Kier molecular flexibility index (Phi) is 6.20. The molecule has 1 aliphatic heterocycles. The number of nitrogens with one attached hydrogen (secondary N) is 1. The molecule has 1 fully saturated rings. The van der Waals surface area contributed by atoms with E-state index in [1.54, 1.807) is 13.8 Å². The number of hydrogen-bond acceptors (Lipinski definition) is 3. The Morgan fingerprint density at radius 1 is 1.00 bits per heavy atom. The summed E-state index contributed by atoms with van der Waals surface area (Å²) in [6, 6.07) is 0. The van der Waals surface area contributed by atoms with Crippen molar-refractivity contribution < 1.29 is 14.7 Å². The second kappa shape index (κ2) is 7.25. The molecule has 0 aliphatic carbocycles. The Morgan fingerprint density at radius 2 is 1.48 bits per heavy atom. The molecule has 0 atom stereocenters.